The zero-order valence-corrected chi connectivity index (χ0v) is 20.6. The van der Waals surface area contributed by atoms with Crippen molar-refractivity contribution in [1.82, 2.24) is 10.2 Å². The summed E-state index contributed by atoms with van der Waals surface area (Å²) in [6.07, 6.45) is 4.07. The second kappa shape index (κ2) is 11.0. The van der Waals surface area contributed by atoms with Crippen molar-refractivity contribution in [2.45, 2.75) is 70.1 Å². The molecule has 1 spiro atoms. The number of unbranched alkanes of at least 4 members (excludes halogenated alkanes) is 2. The summed E-state index contributed by atoms with van der Waals surface area (Å²) in [5.41, 5.74) is -0.393. The Morgan fingerprint density at radius 2 is 1.94 bits per heavy atom. The SMILES string of the molecule is CCCCCNC(=O)C1N(CCCO)C(=O)[C@@H]2[C@@H](C(=O)Nc3ccc(OCC)cc3)[C@H]3CCC12O3. The number of hydrogen-bond donors (Lipinski definition) is 3. The van der Waals surface area contributed by atoms with E-state index in [0.717, 1.165) is 19.3 Å². The molecule has 3 heterocycles. The number of nitrogens with zero attached hydrogens (tertiary/aromatic N) is 1. The standard InChI is InChI=1S/C26H37N3O6/c1-3-5-6-14-27-24(32)22-26-13-12-19(35-26)20(21(26)25(33)29(22)15-7-16-30)23(31)28-17-8-10-18(11-9-17)34-4-2/h8-11,19-22,30H,3-7,12-16H2,1-2H3,(H,27,32)(H,28,31)/t19-,20+,21+,22?,26?/m1/s1. The largest absolute Gasteiger partial charge is 0.494 e. The highest BCUT2D eigenvalue weighted by atomic mass is 16.5. The fourth-order valence-corrected chi connectivity index (χ4v) is 5.95. The van der Waals surface area contributed by atoms with Gasteiger partial charge in [0.15, 0.2) is 0 Å². The first-order chi connectivity index (χ1) is 17.0. The van der Waals surface area contributed by atoms with E-state index in [0.29, 0.717) is 43.9 Å². The fourth-order valence-electron chi connectivity index (χ4n) is 5.95. The summed E-state index contributed by atoms with van der Waals surface area (Å²) in [5, 5.41) is 15.3. The van der Waals surface area contributed by atoms with Crippen molar-refractivity contribution in [2.24, 2.45) is 11.8 Å². The van der Waals surface area contributed by atoms with E-state index in [1.165, 1.54) is 4.90 Å². The number of rotatable bonds is 12. The highest BCUT2D eigenvalue weighted by Gasteiger charge is 2.74. The van der Waals surface area contributed by atoms with Crippen LogP contribution in [0.3, 0.4) is 0 Å². The molecule has 5 atom stereocenters. The van der Waals surface area contributed by atoms with Gasteiger partial charge in [0.05, 0.1) is 24.5 Å². The molecule has 0 saturated carbocycles. The van der Waals surface area contributed by atoms with Crippen LogP contribution in [0.15, 0.2) is 24.3 Å². The van der Waals surface area contributed by atoms with Crippen LogP contribution >= 0.6 is 0 Å². The van der Waals surface area contributed by atoms with Gasteiger partial charge in [0, 0.05) is 25.4 Å². The number of fused-ring (bicyclic) bond motifs is 1. The first-order valence-corrected chi connectivity index (χ1v) is 12.9. The Kier molecular flexibility index (Phi) is 7.96. The van der Waals surface area contributed by atoms with E-state index in [9.17, 15) is 19.5 Å². The van der Waals surface area contributed by atoms with Crippen molar-refractivity contribution < 1.29 is 29.0 Å². The van der Waals surface area contributed by atoms with Gasteiger partial charge in [-0.05, 0) is 56.9 Å². The molecule has 4 rings (SSSR count). The Hall–Kier alpha value is -2.65. The number of likely N-dealkylation sites (tertiary alicyclic amines) is 1. The van der Waals surface area contributed by atoms with E-state index in [4.69, 9.17) is 9.47 Å². The molecule has 9 heteroatoms. The quantitative estimate of drug-likeness (QED) is 0.389. The monoisotopic (exact) mass is 487 g/mol. The fraction of sp³-hybridized carbons (Fsp3) is 0.654. The number of aliphatic hydroxyl groups excluding tert-OH is 1. The summed E-state index contributed by atoms with van der Waals surface area (Å²) in [5.74, 6) is -1.41. The maximum Gasteiger partial charge on any atom is 0.245 e. The minimum absolute atomic E-state index is 0.0859. The van der Waals surface area contributed by atoms with Crippen LogP contribution in [-0.4, -0.2) is 71.8 Å². The molecular weight excluding hydrogens is 450 g/mol. The minimum atomic E-state index is -1.01. The van der Waals surface area contributed by atoms with Gasteiger partial charge in [-0.2, -0.15) is 0 Å². The average molecular weight is 488 g/mol. The van der Waals surface area contributed by atoms with Crippen LogP contribution in [0, 0.1) is 11.8 Å². The van der Waals surface area contributed by atoms with Crippen LogP contribution in [0.25, 0.3) is 0 Å². The van der Waals surface area contributed by atoms with E-state index >= 15 is 0 Å². The second-order valence-electron chi connectivity index (χ2n) is 9.61. The van der Waals surface area contributed by atoms with Crippen LogP contribution in [0.5, 0.6) is 5.75 Å². The number of hydrogen-bond acceptors (Lipinski definition) is 6. The molecule has 3 amide bonds. The van der Waals surface area contributed by atoms with Crippen LogP contribution in [-0.2, 0) is 19.1 Å². The molecule has 0 radical (unpaired) electrons. The summed E-state index contributed by atoms with van der Waals surface area (Å²) in [6, 6.07) is 6.32. The Labute approximate surface area is 206 Å². The van der Waals surface area contributed by atoms with Crippen LogP contribution < -0.4 is 15.4 Å². The second-order valence-corrected chi connectivity index (χ2v) is 9.61. The number of anilines is 1. The zero-order valence-electron chi connectivity index (χ0n) is 20.6. The lowest BCUT2D eigenvalue weighted by molar-refractivity contribution is -0.141. The normalized spacial score (nSPS) is 28.8. The van der Waals surface area contributed by atoms with E-state index in [1.807, 2.05) is 6.92 Å². The van der Waals surface area contributed by atoms with Gasteiger partial charge in [0.1, 0.15) is 17.4 Å². The van der Waals surface area contributed by atoms with Crippen molar-refractivity contribution in [3.8, 4) is 5.75 Å². The Morgan fingerprint density at radius 3 is 2.63 bits per heavy atom. The molecule has 1 aromatic rings. The molecule has 1 aromatic carbocycles. The third kappa shape index (κ3) is 4.76. The third-order valence-electron chi connectivity index (χ3n) is 7.42. The number of amides is 3. The molecule has 3 aliphatic heterocycles. The predicted octanol–water partition coefficient (Wildman–Crippen LogP) is 2.09. The van der Waals surface area contributed by atoms with Gasteiger partial charge >= 0.3 is 0 Å². The lowest BCUT2D eigenvalue weighted by Gasteiger charge is -2.33. The van der Waals surface area contributed by atoms with E-state index in [1.54, 1.807) is 24.3 Å². The first kappa shape index (κ1) is 25.4. The Bertz CT molecular complexity index is 922. The summed E-state index contributed by atoms with van der Waals surface area (Å²) in [7, 11) is 0. The average Bonchev–Trinajstić information content (AvgIpc) is 3.49. The number of benzene rings is 1. The molecular formula is C26H37N3O6. The molecule has 9 nitrogen and oxygen atoms in total. The van der Waals surface area contributed by atoms with Gasteiger partial charge in [-0.25, -0.2) is 0 Å². The van der Waals surface area contributed by atoms with Gasteiger partial charge < -0.3 is 30.1 Å². The van der Waals surface area contributed by atoms with Gasteiger partial charge in [0.25, 0.3) is 0 Å². The molecule has 3 aliphatic rings. The lowest BCUT2D eigenvalue weighted by Crippen LogP contribution is -2.55. The topological polar surface area (TPSA) is 117 Å². The third-order valence-corrected chi connectivity index (χ3v) is 7.42. The molecule has 3 fully saturated rings. The van der Waals surface area contributed by atoms with Crippen molar-refractivity contribution in [2.75, 3.05) is 31.6 Å². The van der Waals surface area contributed by atoms with Crippen molar-refractivity contribution >= 4 is 23.4 Å². The number of carbonyl (C=O) groups excluding carboxylic acids is 3. The van der Waals surface area contributed by atoms with Gasteiger partial charge in [-0.1, -0.05) is 19.8 Å². The highest BCUT2D eigenvalue weighted by molar-refractivity contribution is 6.02. The summed E-state index contributed by atoms with van der Waals surface area (Å²) in [6.45, 7) is 5.26. The molecule has 192 valence electrons. The summed E-state index contributed by atoms with van der Waals surface area (Å²) < 4.78 is 11.8. The van der Waals surface area contributed by atoms with E-state index in [2.05, 4.69) is 17.6 Å². The maximum absolute atomic E-state index is 13.6. The first-order valence-electron chi connectivity index (χ1n) is 12.9. The van der Waals surface area contributed by atoms with Gasteiger partial charge in [0.2, 0.25) is 17.7 Å². The highest BCUT2D eigenvalue weighted by Crippen LogP contribution is 2.58. The molecule has 35 heavy (non-hydrogen) atoms. The predicted molar refractivity (Wildman–Crippen MR) is 130 cm³/mol. The molecule has 3 saturated heterocycles. The van der Waals surface area contributed by atoms with Gasteiger partial charge in [-0.15, -0.1) is 0 Å². The van der Waals surface area contributed by atoms with Gasteiger partial charge in [-0.3, -0.25) is 14.4 Å². The summed E-state index contributed by atoms with van der Waals surface area (Å²) >= 11 is 0. The number of nitrogens with one attached hydrogen (secondary N) is 2. The number of ether oxygens (including phenoxy) is 2. The lowest BCUT2D eigenvalue weighted by atomic mass is 9.70. The van der Waals surface area contributed by atoms with Crippen LogP contribution in [0.4, 0.5) is 5.69 Å². The van der Waals surface area contributed by atoms with Crippen molar-refractivity contribution in [1.29, 1.82) is 0 Å². The van der Waals surface area contributed by atoms with Crippen molar-refractivity contribution in [3.05, 3.63) is 24.3 Å². The molecule has 0 aromatic heterocycles. The molecule has 2 unspecified atom stereocenters. The zero-order chi connectivity index (χ0) is 25.0. The van der Waals surface area contributed by atoms with Crippen molar-refractivity contribution in [3.63, 3.8) is 0 Å². The minimum Gasteiger partial charge on any atom is -0.494 e. The Balaban J connectivity index is 1.54. The molecule has 3 N–H and O–H groups in total. The Morgan fingerprint density at radius 1 is 1.17 bits per heavy atom. The van der Waals surface area contributed by atoms with Crippen LogP contribution in [0.2, 0.25) is 0 Å². The number of aliphatic hydroxyl groups is 1. The molecule has 2 bridgehead atoms. The van der Waals surface area contributed by atoms with E-state index < -0.39 is 29.6 Å². The summed E-state index contributed by atoms with van der Waals surface area (Å²) in [4.78, 5) is 41.9. The smallest absolute Gasteiger partial charge is 0.245 e. The van der Waals surface area contributed by atoms with E-state index in [-0.39, 0.29) is 30.9 Å². The molecule has 0 aliphatic carbocycles. The number of carbonyl (C=O) groups is 3. The maximum atomic E-state index is 13.6. The van der Waals surface area contributed by atoms with Crippen LogP contribution in [0.1, 0.15) is 52.4 Å².